The molecular weight excluding hydrogens is 1840 g/mol. The predicted molar refractivity (Wildman–Crippen MR) is 513 cm³/mol. The summed E-state index contributed by atoms with van der Waals surface area (Å²) in [6, 6.07) is 52.7. The van der Waals surface area contributed by atoms with E-state index in [1.807, 2.05) is 133 Å². The van der Waals surface area contributed by atoms with Gasteiger partial charge in [0.2, 0.25) is 46.8 Å². The minimum absolute atomic E-state index is 0.0454. The van der Waals surface area contributed by atoms with Gasteiger partial charge in [0.25, 0.3) is 23.6 Å². The summed E-state index contributed by atoms with van der Waals surface area (Å²) in [6.07, 6.45) is 5.47. The molecule has 0 bridgehead atoms. The van der Waals surface area contributed by atoms with E-state index < -0.39 is 136 Å². The number of carbonyl (C=O) groups is 6. The molecule has 142 heavy (non-hydrogen) atoms. The molecular formula is C105H108F5N15O17. The smallest absolute Gasteiger partial charge is 0.410 e. The Morgan fingerprint density at radius 3 is 1.05 bits per heavy atom. The van der Waals surface area contributed by atoms with Crippen molar-refractivity contribution in [2.75, 3.05) is 112 Å². The number of aromatic nitrogens is 8. The second kappa shape index (κ2) is 45.6. The molecule has 4 N–H and O–H groups in total. The number of amides is 6. The van der Waals surface area contributed by atoms with Crippen molar-refractivity contribution in [3.8, 4) is 23.0 Å². The number of benzene rings is 8. The molecule has 0 spiro atoms. The molecule has 2 fully saturated rings. The second-order valence-corrected chi connectivity index (χ2v) is 35.4. The Morgan fingerprint density at radius 2 is 0.718 bits per heavy atom. The van der Waals surface area contributed by atoms with Crippen molar-refractivity contribution < 1.29 is 84.6 Å². The van der Waals surface area contributed by atoms with Crippen molar-refractivity contribution in [1.82, 2.24) is 74.3 Å². The number of nitrogens with zero attached hydrogens (tertiary/aromatic N) is 13. The Morgan fingerprint density at radius 1 is 0.408 bits per heavy atom. The van der Waals surface area contributed by atoms with Crippen LogP contribution < -0.4 is 41.8 Å². The normalized spacial score (nSPS) is 17.1. The van der Waals surface area contributed by atoms with Gasteiger partial charge in [-0.2, -0.15) is 20.4 Å². The molecule has 1 saturated heterocycles. The lowest BCUT2D eigenvalue weighted by molar-refractivity contribution is 0.0362. The molecule has 6 amide bonds. The Hall–Kier alpha value is -15.5. The fourth-order valence-electron chi connectivity index (χ4n) is 19.0. The number of aryl methyl sites for hydroxylation is 3. The summed E-state index contributed by atoms with van der Waals surface area (Å²) >= 11 is 0. The molecule has 5 aliphatic heterocycles. The molecule has 9 heterocycles. The van der Waals surface area contributed by atoms with E-state index >= 15 is 0 Å². The van der Waals surface area contributed by atoms with Crippen LogP contribution >= 0.6 is 0 Å². The van der Waals surface area contributed by atoms with Gasteiger partial charge in [-0.25, -0.2) is 31.5 Å². The highest BCUT2D eigenvalue weighted by atomic mass is 19.1. The monoisotopic (exact) mass is 1950 g/mol. The number of nitrogens with one attached hydrogen (secondary N) is 2. The number of halogens is 5. The third-order valence-corrected chi connectivity index (χ3v) is 25.8. The van der Waals surface area contributed by atoms with Gasteiger partial charge in [-0.3, -0.25) is 62.0 Å². The van der Waals surface area contributed by atoms with Gasteiger partial charge in [-0.15, -0.1) is 0 Å². The molecule has 12 aromatic rings. The summed E-state index contributed by atoms with van der Waals surface area (Å²) in [5.41, 5.74) is 6.06. The first-order chi connectivity index (χ1) is 68.5. The highest BCUT2D eigenvalue weighted by Crippen LogP contribution is 2.46. The highest BCUT2D eigenvalue weighted by Gasteiger charge is 2.46. The van der Waals surface area contributed by atoms with E-state index in [1.54, 1.807) is 57.2 Å². The van der Waals surface area contributed by atoms with Crippen LogP contribution in [0.5, 0.6) is 23.0 Å². The lowest BCUT2D eigenvalue weighted by Crippen LogP contribution is -2.47. The van der Waals surface area contributed by atoms with Crippen LogP contribution in [0.15, 0.2) is 238 Å². The maximum Gasteiger partial charge on any atom is 0.410 e. The highest BCUT2D eigenvalue weighted by molar-refractivity contribution is 5.98. The molecule has 32 nitrogen and oxygen atoms in total. The zero-order valence-corrected chi connectivity index (χ0v) is 79.1. The van der Waals surface area contributed by atoms with Crippen molar-refractivity contribution >= 4 is 35.8 Å². The van der Waals surface area contributed by atoms with Crippen LogP contribution in [-0.4, -0.2) is 222 Å². The van der Waals surface area contributed by atoms with Crippen molar-refractivity contribution in [1.29, 1.82) is 0 Å². The molecule has 0 radical (unpaired) electrons. The van der Waals surface area contributed by atoms with Crippen LogP contribution in [0.25, 0.3) is 0 Å². The zero-order valence-electron chi connectivity index (χ0n) is 79.1. The molecule has 8 aromatic carbocycles. The first-order valence-electron chi connectivity index (χ1n) is 46.8. The van der Waals surface area contributed by atoms with E-state index in [-0.39, 0.29) is 77.3 Å². The van der Waals surface area contributed by atoms with E-state index in [0.29, 0.717) is 93.6 Å². The van der Waals surface area contributed by atoms with Crippen LogP contribution in [0.2, 0.25) is 0 Å². The Labute approximate surface area is 813 Å². The minimum atomic E-state index is -0.759. The number of carbonyl (C=O) groups excluding carboxylic acids is 6. The van der Waals surface area contributed by atoms with Gasteiger partial charge in [0.1, 0.15) is 29.1 Å². The topological polar surface area (TPSA) is 369 Å². The number of hydrogen-bond acceptors (Lipinski definition) is 22. The first-order valence-corrected chi connectivity index (χ1v) is 46.8. The van der Waals surface area contributed by atoms with Gasteiger partial charge in [-0.05, 0) is 165 Å². The number of alkyl carbamates (subject to hydrolysis) is 2. The standard InChI is InChI=1S/C31H36FN5O6.C26H27FN4O5.C25H24FN3O3.C23H21F2N3O3/c1-3-36-19-25(27(22-7-4-6-21(2)16-22)23-8-5-9-24(32)17-23)37-28(30(36)39)29(26(38)18-34-37)42-20-43-31(40)33-10-11-35-12-14-41-15-13-35;1-4-30-14-20(22(17-8-5-7-16(2)11-17)18-9-6-10-19(27)12-18)31-23(25(30)33)24(21(32)13-29-31)35-15-36-26(34)28-3;1-15-4-2-5-17(10-15)22(18-6-3-7-19(26)11-18)20-14-28(13-16-8-9-16)25(32)23-24(31)21(30)12-27-29(20)23;1-2-9-27-13-18(28-21(23(27)31)22(30)19(29)12-26-28)20(14-5-3-7-16(24)10-14)15-6-4-8-17(25)11-15/h4-9,16-18,25,27H,3,10-15,19-20H2,1-2H3,(H,33,40);5-13,20,22H,4,14-15H2,1-3H3,(H,28,34);2-7,10-12,16,20,22,31H,8-9,13-14H2,1H3;3-8,10-12,18,20,30H,2,9,13H2,1H3. The largest absolute Gasteiger partial charge is 0.502 e. The molecule has 7 unspecified atom stereocenters. The van der Waals surface area contributed by atoms with E-state index in [0.717, 1.165) is 89.7 Å². The Kier molecular flexibility index (Phi) is 32.4. The lowest BCUT2D eigenvalue weighted by Gasteiger charge is -2.39. The van der Waals surface area contributed by atoms with Crippen molar-refractivity contribution in [2.24, 2.45) is 5.92 Å². The van der Waals surface area contributed by atoms with Gasteiger partial charge in [-0.1, -0.05) is 157 Å². The fourth-order valence-corrected chi connectivity index (χ4v) is 19.0. The average molecular weight is 1950 g/mol. The van der Waals surface area contributed by atoms with Crippen LogP contribution in [0.3, 0.4) is 0 Å². The summed E-state index contributed by atoms with van der Waals surface area (Å²) in [6.45, 7) is 17.1. The fraction of sp³-hybridized carbons (Fsp3) is 0.333. The average Bonchev–Trinajstić information content (AvgIpc) is 0.940. The molecule has 1 saturated carbocycles. The summed E-state index contributed by atoms with van der Waals surface area (Å²) in [4.78, 5) is 135. The van der Waals surface area contributed by atoms with E-state index in [9.17, 15) is 80.1 Å². The number of fused-ring (bicyclic) bond motifs is 4. The van der Waals surface area contributed by atoms with Crippen molar-refractivity contribution in [2.45, 2.75) is 109 Å². The van der Waals surface area contributed by atoms with Gasteiger partial charge in [0.15, 0.2) is 34.3 Å². The summed E-state index contributed by atoms with van der Waals surface area (Å²) in [7, 11) is 1.39. The van der Waals surface area contributed by atoms with E-state index in [2.05, 4.69) is 35.9 Å². The number of rotatable bonds is 27. The second-order valence-electron chi connectivity index (χ2n) is 35.4. The lowest BCUT2D eigenvalue weighted by atomic mass is 9.83. The molecule has 7 atom stereocenters. The van der Waals surface area contributed by atoms with Crippen molar-refractivity contribution in [3.63, 3.8) is 0 Å². The van der Waals surface area contributed by atoms with Crippen LogP contribution in [-0.2, 0) is 14.2 Å². The van der Waals surface area contributed by atoms with Gasteiger partial charge < -0.3 is 64.1 Å². The maximum absolute atomic E-state index is 14.5. The maximum atomic E-state index is 14.5. The summed E-state index contributed by atoms with van der Waals surface area (Å²) in [5, 5.41) is 42.9. The molecule has 37 heteroatoms. The van der Waals surface area contributed by atoms with Gasteiger partial charge >= 0.3 is 12.2 Å². The molecule has 4 aromatic heterocycles. The molecule has 18 rings (SSSR count). The van der Waals surface area contributed by atoms with Gasteiger partial charge in [0, 0.05) is 109 Å². The minimum Gasteiger partial charge on any atom is -0.502 e. The van der Waals surface area contributed by atoms with Crippen LogP contribution in [0, 0.1) is 55.8 Å². The third-order valence-electron chi connectivity index (χ3n) is 25.8. The quantitative estimate of drug-likeness (QED) is 0.0274. The molecule has 6 aliphatic rings. The first kappa shape index (κ1) is 101. The van der Waals surface area contributed by atoms with Crippen molar-refractivity contribution in [3.05, 3.63) is 373 Å². The van der Waals surface area contributed by atoms with Crippen LogP contribution in [0.1, 0.15) is 191 Å². The Balaban J connectivity index is 0.000000144. The number of ether oxygens (including phenoxy) is 5. The molecule has 740 valence electrons. The van der Waals surface area contributed by atoms with E-state index in [1.165, 1.54) is 91.3 Å². The van der Waals surface area contributed by atoms with Gasteiger partial charge in [0.05, 0.1) is 62.2 Å². The predicted octanol–water partition coefficient (Wildman–Crippen LogP) is 13.3. The number of hydrogen-bond donors (Lipinski definition) is 4. The van der Waals surface area contributed by atoms with E-state index in [4.69, 9.17) is 23.7 Å². The summed E-state index contributed by atoms with van der Waals surface area (Å²) in [5.74, 6) is -6.86. The number of likely N-dealkylation sites (N-methyl/N-ethyl adjacent to an activating group) is 2. The Bertz CT molecular complexity index is 6730. The number of aromatic hydroxyl groups is 2. The third kappa shape index (κ3) is 23.1. The summed E-state index contributed by atoms with van der Waals surface area (Å²) < 4.78 is 104. The molecule has 1 aliphatic carbocycles. The zero-order chi connectivity index (χ0) is 101. The number of morpholine rings is 1. The van der Waals surface area contributed by atoms with Crippen LogP contribution in [0.4, 0.5) is 31.5 Å². The SMILES string of the molecule is CCCN1CC(C(c2cccc(F)c2)c2cccc(F)c2)n2ncc(=O)c(O)c2C1=O.CCN1CC(C(c2cccc(C)c2)c2cccc(F)c2)n2ncc(=O)c(OCOC(=O)NC)c2C1=O.CCN1CC(C(c2cccc(C)c2)c2cccc(F)c2)n2ncc(=O)c(OCOC(=O)NCCN3CCOCC3)c2C1=O.Cc1cccc(C(c2cccc(F)c2)C2CN(CC3CC3)C(=O)c3c(O)c(=O)cnn32)c1.